The van der Waals surface area contributed by atoms with Crippen LogP contribution >= 0.6 is 0 Å². The Bertz CT molecular complexity index is 680. The molecule has 0 bridgehead atoms. The van der Waals surface area contributed by atoms with Crippen molar-refractivity contribution in [2.24, 2.45) is 0 Å². The molecular formula is C19H17NO. The summed E-state index contributed by atoms with van der Waals surface area (Å²) in [4.78, 5) is 4.66. The highest BCUT2D eigenvalue weighted by Crippen LogP contribution is 2.12. The summed E-state index contributed by atoms with van der Waals surface area (Å²) in [7, 11) is 0. The van der Waals surface area contributed by atoms with E-state index in [4.69, 9.17) is 4.74 Å². The van der Waals surface area contributed by atoms with Crippen LogP contribution in [-0.2, 0) is 13.0 Å². The lowest BCUT2D eigenvalue weighted by atomic mass is 10.1. The second-order valence-corrected chi connectivity index (χ2v) is 4.88. The number of hydrogen-bond acceptors (Lipinski definition) is 2. The number of hydrogen-bond donors (Lipinski definition) is 0. The zero-order valence-electron chi connectivity index (χ0n) is 11.8. The van der Waals surface area contributed by atoms with Crippen LogP contribution in [0.4, 0.5) is 0 Å². The molecule has 0 aliphatic heterocycles. The van der Waals surface area contributed by atoms with Crippen LogP contribution in [0.15, 0.2) is 78.9 Å². The predicted molar refractivity (Wildman–Crippen MR) is 84.3 cm³/mol. The van der Waals surface area contributed by atoms with Gasteiger partial charge in [0.25, 0.3) is 0 Å². The summed E-state index contributed by atoms with van der Waals surface area (Å²) in [6, 6.07) is 26.3. The molecule has 0 unspecified atom stereocenters. The first-order chi connectivity index (χ1) is 10.4. The van der Waals surface area contributed by atoms with E-state index in [2.05, 4.69) is 35.3 Å². The van der Waals surface area contributed by atoms with Gasteiger partial charge < -0.3 is 4.74 Å². The third kappa shape index (κ3) is 3.93. The Labute approximate surface area is 125 Å². The highest BCUT2D eigenvalue weighted by Gasteiger charge is 2.01. The number of rotatable bonds is 5. The molecule has 1 aromatic heterocycles. The molecular weight excluding hydrogens is 258 g/mol. The minimum Gasteiger partial charge on any atom is -0.487 e. The van der Waals surface area contributed by atoms with Gasteiger partial charge in [0.2, 0.25) is 0 Å². The molecule has 1 heterocycles. The van der Waals surface area contributed by atoms with Crippen molar-refractivity contribution in [1.29, 1.82) is 0 Å². The Morgan fingerprint density at radius 3 is 2.10 bits per heavy atom. The van der Waals surface area contributed by atoms with E-state index in [0.29, 0.717) is 6.61 Å². The molecule has 0 amide bonds. The largest absolute Gasteiger partial charge is 0.487 e. The summed E-state index contributed by atoms with van der Waals surface area (Å²) in [5.74, 6) is 0.868. The smallest absolute Gasteiger partial charge is 0.130 e. The zero-order valence-corrected chi connectivity index (χ0v) is 11.8. The molecule has 0 atom stereocenters. The third-order valence-electron chi connectivity index (χ3n) is 3.22. The fraction of sp³-hybridized carbons (Fsp3) is 0.105. The van der Waals surface area contributed by atoms with E-state index in [-0.39, 0.29) is 0 Å². The summed E-state index contributed by atoms with van der Waals surface area (Å²) >= 11 is 0. The molecule has 0 fully saturated rings. The van der Waals surface area contributed by atoms with E-state index >= 15 is 0 Å². The van der Waals surface area contributed by atoms with Gasteiger partial charge in [0.1, 0.15) is 12.4 Å². The summed E-state index contributed by atoms with van der Waals surface area (Å²) in [5.41, 5.74) is 3.29. The van der Waals surface area contributed by atoms with Crippen molar-refractivity contribution in [2.45, 2.75) is 13.0 Å². The Morgan fingerprint density at radius 2 is 1.33 bits per heavy atom. The first-order valence-corrected chi connectivity index (χ1v) is 7.07. The van der Waals surface area contributed by atoms with Gasteiger partial charge in [-0.2, -0.15) is 0 Å². The first-order valence-electron chi connectivity index (χ1n) is 7.07. The van der Waals surface area contributed by atoms with Gasteiger partial charge in [-0.3, -0.25) is 4.98 Å². The van der Waals surface area contributed by atoms with Crippen molar-refractivity contribution < 1.29 is 4.74 Å². The Morgan fingerprint density at radius 1 is 0.667 bits per heavy atom. The van der Waals surface area contributed by atoms with Crippen LogP contribution in [-0.4, -0.2) is 4.98 Å². The number of para-hydroxylation sites is 1. The lowest BCUT2D eigenvalue weighted by Gasteiger charge is -2.07. The van der Waals surface area contributed by atoms with Gasteiger partial charge in [0.15, 0.2) is 0 Å². The second kappa shape index (κ2) is 6.71. The molecule has 0 radical (unpaired) electrons. The van der Waals surface area contributed by atoms with Crippen molar-refractivity contribution in [1.82, 2.24) is 4.98 Å². The lowest BCUT2D eigenvalue weighted by Crippen LogP contribution is -2.01. The number of pyridine rings is 1. The summed E-state index contributed by atoms with van der Waals surface area (Å²) in [6.45, 7) is 0.493. The second-order valence-electron chi connectivity index (χ2n) is 4.88. The van der Waals surface area contributed by atoms with Crippen molar-refractivity contribution in [3.63, 3.8) is 0 Å². The topological polar surface area (TPSA) is 22.1 Å². The van der Waals surface area contributed by atoms with E-state index in [1.54, 1.807) is 0 Å². The number of nitrogens with zero attached hydrogens (tertiary/aromatic N) is 1. The number of aromatic nitrogens is 1. The van der Waals surface area contributed by atoms with Gasteiger partial charge in [-0.15, -0.1) is 0 Å². The van der Waals surface area contributed by atoms with Crippen LogP contribution in [0.5, 0.6) is 5.75 Å². The normalized spacial score (nSPS) is 10.3. The molecule has 3 aromatic rings. The van der Waals surface area contributed by atoms with Crippen molar-refractivity contribution in [3.05, 3.63) is 95.8 Å². The molecule has 0 N–H and O–H groups in total. The standard InChI is InChI=1S/C19H17NO/c1-3-8-16(9-4-1)14-17-10-7-11-18(20-17)15-21-19-12-5-2-6-13-19/h1-13H,14-15H2. The van der Waals surface area contributed by atoms with Crippen LogP contribution in [0.2, 0.25) is 0 Å². The fourth-order valence-corrected chi connectivity index (χ4v) is 2.19. The van der Waals surface area contributed by atoms with Gasteiger partial charge in [-0.25, -0.2) is 0 Å². The molecule has 0 saturated carbocycles. The molecule has 3 rings (SSSR count). The summed E-state index contributed by atoms with van der Waals surface area (Å²) in [5, 5.41) is 0. The summed E-state index contributed by atoms with van der Waals surface area (Å²) < 4.78 is 5.73. The highest BCUT2D eigenvalue weighted by atomic mass is 16.5. The van der Waals surface area contributed by atoms with Crippen LogP contribution < -0.4 is 4.74 Å². The Balaban J connectivity index is 1.66. The average molecular weight is 275 g/mol. The Kier molecular flexibility index (Phi) is 4.27. The molecule has 2 nitrogen and oxygen atoms in total. The minimum absolute atomic E-state index is 0.493. The molecule has 0 aliphatic carbocycles. The zero-order chi connectivity index (χ0) is 14.3. The molecule has 2 heteroatoms. The van der Waals surface area contributed by atoms with E-state index in [0.717, 1.165) is 23.6 Å². The average Bonchev–Trinajstić information content (AvgIpc) is 2.55. The van der Waals surface area contributed by atoms with Crippen LogP contribution in [0.1, 0.15) is 17.0 Å². The molecule has 21 heavy (non-hydrogen) atoms. The Hall–Kier alpha value is -2.61. The minimum atomic E-state index is 0.493. The number of benzene rings is 2. The molecule has 0 saturated heterocycles. The molecule has 0 aliphatic rings. The monoisotopic (exact) mass is 275 g/mol. The van der Waals surface area contributed by atoms with Gasteiger partial charge in [-0.1, -0.05) is 54.6 Å². The fourth-order valence-electron chi connectivity index (χ4n) is 2.19. The van der Waals surface area contributed by atoms with Gasteiger partial charge in [0.05, 0.1) is 5.69 Å². The van der Waals surface area contributed by atoms with Gasteiger partial charge >= 0.3 is 0 Å². The molecule has 0 spiro atoms. The maximum atomic E-state index is 5.73. The lowest BCUT2D eigenvalue weighted by molar-refractivity contribution is 0.301. The first kappa shape index (κ1) is 13.4. The van der Waals surface area contributed by atoms with Crippen molar-refractivity contribution >= 4 is 0 Å². The number of ether oxygens (including phenoxy) is 1. The molecule has 104 valence electrons. The van der Waals surface area contributed by atoms with E-state index in [1.165, 1.54) is 5.56 Å². The predicted octanol–water partition coefficient (Wildman–Crippen LogP) is 4.25. The van der Waals surface area contributed by atoms with E-state index in [9.17, 15) is 0 Å². The third-order valence-corrected chi connectivity index (χ3v) is 3.22. The maximum Gasteiger partial charge on any atom is 0.130 e. The van der Waals surface area contributed by atoms with Gasteiger partial charge in [-0.05, 0) is 29.8 Å². The quantitative estimate of drug-likeness (QED) is 0.694. The maximum absolute atomic E-state index is 5.73. The van der Waals surface area contributed by atoms with E-state index < -0.39 is 0 Å². The van der Waals surface area contributed by atoms with Crippen molar-refractivity contribution in [3.8, 4) is 5.75 Å². The van der Waals surface area contributed by atoms with Crippen LogP contribution in [0.25, 0.3) is 0 Å². The highest BCUT2D eigenvalue weighted by molar-refractivity contribution is 5.24. The van der Waals surface area contributed by atoms with Crippen LogP contribution in [0, 0.1) is 0 Å². The van der Waals surface area contributed by atoms with E-state index in [1.807, 2.05) is 48.5 Å². The summed E-state index contributed by atoms with van der Waals surface area (Å²) in [6.07, 6.45) is 0.847. The SMILES string of the molecule is c1ccc(Cc2cccc(COc3ccccc3)n2)cc1. The van der Waals surface area contributed by atoms with Gasteiger partial charge in [0, 0.05) is 12.1 Å². The van der Waals surface area contributed by atoms with Crippen LogP contribution in [0.3, 0.4) is 0 Å². The van der Waals surface area contributed by atoms with Crippen molar-refractivity contribution in [2.75, 3.05) is 0 Å². The molecule has 2 aromatic carbocycles.